The van der Waals surface area contributed by atoms with Crippen molar-refractivity contribution in [1.29, 1.82) is 0 Å². The van der Waals surface area contributed by atoms with Crippen LogP contribution in [0.2, 0.25) is 0 Å². The molecular formula is C16H19NO5S2. The molecule has 1 aromatic carbocycles. The molecule has 2 aromatic rings. The van der Waals surface area contributed by atoms with Gasteiger partial charge in [0.1, 0.15) is 5.75 Å². The summed E-state index contributed by atoms with van der Waals surface area (Å²) in [5.41, 5.74) is 1.79. The molecule has 1 aliphatic heterocycles. The summed E-state index contributed by atoms with van der Waals surface area (Å²) < 4.78 is 38.6. The van der Waals surface area contributed by atoms with E-state index in [0.717, 1.165) is 23.3 Å². The highest BCUT2D eigenvalue weighted by Crippen LogP contribution is 2.28. The van der Waals surface area contributed by atoms with Crippen molar-refractivity contribution in [3.63, 3.8) is 0 Å². The second-order valence-electron chi connectivity index (χ2n) is 5.36. The molecule has 1 aliphatic rings. The Morgan fingerprint density at radius 2 is 2.25 bits per heavy atom. The van der Waals surface area contributed by atoms with Gasteiger partial charge in [-0.3, -0.25) is 0 Å². The molecule has 24 heavy (non-hydrogen) atoms. The number of thiophene rings is 1. The van der Waals surface area contributed by atoms with E-state index < -0.39 is 16.1 Å². The van der Waals surface area contributed by atoms with Gasteiger partial charge in [-0.15, -0.1) is 0 Å². The van der Waals surface area contributed by atoms with Gasteiger partial charge in [-0.05, 0) is 46.2 Å². The first-order valence-electron chi connectivity index (χ1n) is 7.60. The number of fused-ring (bicyclic) bond motifs is 1. The van der Waals surface area contributed by atoms with Crippen LogP contribution >= 0.6 is 11.3 Å². The molecule has 6 nitrogen and oxygen atoms in total. The van der Waals surface area contributed by atoms with Crippen LogP contribution in [0.25, 0.3) is 0 Å². The zero-order valence-electron chi connectivity index (χ0n) is 13.0. The fourth-order valence-corrected chi connectivity index (χ4v) is 4.31. The quantitative estimate of drug-likeness (QED) is 0.740. The number of hydrogen-bond donors (Lipinski definition) is 2. The molecule has 1 unspecified atom stereocenters. The Kier molecular flexibility index (Phi) is 5.52. The third kappa shape index (κ3) is 3.96. The topological polar surface area (TPSA) is 84.9 Å². The van der Waals surface area contributed by atoms with Crippen LogP contribution in [0.4, 0.5) is 0 Å². The molecule has 0 spiro atoms. The van der Waals surface area contributed by atoms with E-state index in [2.05, 4.69) is 4.72 Å². The zero-order valence-corrected chi connectivity index (χ0v) is 14.6. The number of hydrogen-bond acceptors (Lipinski definition) is 6. The lowest BCUT2D eigenvalue weighted by Gasteiger charge is -2.17. The summed E-state index contributed by atoms with van der Waals surface area (Å²) in [6.45, 7) is 0.727. The number of rotatable bonds is 8. The van der Waals surface area contributed by atoms with Crippen molar-refractivity contribution in [2.75, 3.05) is 26.4 Å². The van der Waals surface area contributed by atoms with Crippen molar-refractivity contribution in [3.8, 4) is 5.75 Å². The third-order valence-corrected chi connectivity index (χ3v) is 5.88. The third-order valence-electron chi connectivity index (χ3n) is 3.76. The van der Waals surface area contributed by atoms with Crippen molar-refractivity contribution in [3.05, 3.63) is 46.2 Å². The molecular weight excluding hydrogens is 350 g/mol. The fourth-order valence-electron chi connectivity index (χ4n) is 2.52. The normalized spacial score (nSPS) is 15.0. The number of sulfonamides is 1. The van der Waals surface area contributed by atoms with Gasteiger partial charge in [-0.1, -0.05) is 0 Å². The van der Waals surface area contributed by atoms with Gasteiger partial charge in [0.05, 0.1) is 30.8 Å². The number of nitrogens with one attached hydrogen (secondary N) is 1. The molecule has 0 saturated heterocycles. The summed E-state index contributed by atoms with van der Waals surface area (Å²) >= 11 is 1.51. The Morgan fingerprint density at radius 1 is 1.38 bits per heavy atom. The van der Waals surface area contributed by atoms with Gasteiger partial charge >= 0.3 is 0 Å². The molecule has 0 radical (unpaired) electrons. The fraction of sp³-hybridized carbons (Fsp3) is 0.375. The van der Waals surface area contributed by atoms with E-state index in [1.165, 1.54) is 11.3 Å². The molecule has 2 heterocycles. The predicted octanol–water partition coefficient (Wildman–Crippen LogP) is 1.71. The maximum Gasteiger partial charge on any atom is 0.240 e. The predicted molar refractivity (Wildman–Crippen MR) is 90.9 cm³/mol. The molecule has 2 N–H and O–H groups in total. The number of aliphatic hydroxyl groups excluding tert-OH is 1. The van der Waals surface area contributed by atoms with E-state index in [1.807, 2.05) is 16.8 Å². The summed E-state index contributed by atoms with van der Waals surface area (Å²) in [7, 11) is -3.64. The second kappa shape index (κ2) is 7.62. The lowest BCUT2D eigenvalue weighted by atomic mass is 10.2. The summed E-state index contributed by atoms with van der Waals surface area (Å²) in [4.78, 5) is 0.220. The molecule has 0 bridgehead atoms. The minimum Gasteiger partial charge on any atom is -0.493 e. The Morgan fingerprint density at radius 3 is 3.00 bits per heavy atom. The lowest BCUT2D eigenvalue weighted by molar-refractivity contribution is 0.0311. The van der Waals surface area contributed by atoms with E-state index in [1.54, 1.807) is 18.2 Å². The van der Waals surface area contributed by atoms with Gasteiger partial charge in [0.25, 0.3) is 0 Å². The molecule has 0 fully saturated rings. The first-order valence-corrected chi connectivity index (χ1v) is 10.0. The lowest BCUT2D eigenvalue weighted by Crippen LogP contribution is -2.30. The van der Waals surface area contributed by atoms with Crippen LogP contribution in [-0.4, -0.2) is 39.9 Å². The van der Waals surface area contributed by atoms with E-state index in [9.17, 15) is 8.42 Å². The van der Waals surface area contributed by atoms with E-state index in [0.29, 0.717) is 6.61 Å². The highest BCUT2D eigenvalue weighted by Gasteiger charge is 2.21. The minimum atomic E-state index is -3.64. The van der Waals surface area contributed by atoms with Crippen LogP contribution in [0.3, 0.4) is 0 Å². The van der Waals surface area contributed by atoms with Crippen LogP contribution in [0.15, 0.2) is 39.9 Å². The maximum absolute atomic E-state index is 12.5. The van der Waals surface area contributed by atoms with Crippen molar-refractivity contribution in [1.82, 2.24) is 4.72 Å². The van der Waals surface area contributed by atoms with E-state index >= 15 is 0 Å². The van der Waals surface area contributed by atoms with Gasteiger partial charge in [-0.25, -0.2) is 13.1 Å². The van der Waals surface area contributed by atoms with Crippen molar-refractivity contribution in [2.24, 2.45) is 0 Å². The first-order chi connectivity index (χ1) is 11.6. The highest BCUT2D eigenvalue weighted by molar-refractivity contribution is 7.89. The van der Waals surface area contributed by atoms with E-state index in [4.69, 9.17) is 14.6 Å². The summed E-state index contributed by atoms with van der Waals surface area (Å²) in [5.74, 6) is 0.747. The highest BCUT2D eigenvalue weighted by atomic mass is 32.2. The van der Waals surface area contributed by atoms with Gasteiger partial charge in [-0.2, -0.15) is 11.3 Å². The molecule has 1 atom stereocenters. The molecule has 0 amide bonds. The van der Waals surface area contributed by atoms with Gasteiger partial charge < -0.3 is 14.6 Å². The maximum atomic E-state index is 12.5. The van der Waals surface area contributed by atoms with Crippen molar-refractivity contribution >= 4 is 21.4 Å². The van der Waals surface area contributed by atoms with Crippen LogP contribution in [0.1, 0.15) is 17.2 Å². The monoisotopic (exact) mass is 369 g/mol. The van der Waals surface area contributed by atoms with Crippen molar-refractivity contribution < 1.29 is 23.0 Å². The summed E-state index contributed by atoms with van der Waals surface area (Å²) in [5, 5.41) is 12.7. The minimum absolute atomic E-state index is 0.104. The average molecular weight is 369 g/mol. The zero-order chi connectivity index (χ0) is 17.0. The summed E-state index contributed by atoms with van der Waals surface area (Å²) in [6.07, 6.45) is 0.284. The van der Waals surface area contributed by atoms with Crippen molar-refractivity contribution in [2.45, 2.75) is 17.4 Å². The number of benzene rings is 1. The standard InChI is InChI=1S/C16H19NO5S2/c18-5-7-22-16(13-4-8-23-11-13)10-17-24(19,20)14-1-2-15-12(9-14)3-6-21-15/h1-2,4,8-9,11,16-18H,3,5-7,10H2. The molecule has 8 heteroatoms. The average Bonchev–Trinajstić information content (AvgIpc) is 3.25. The van der Waals surface area contributed by atoms with E-state index in [-0.39, 0.29) is 24.7 Å². The molecule has 0 aliphatic carbocycles. The van der Waals surface area contributed by atoms with Crippen LogP contribution in [0, 0.1) is 0 Å². The van der Waals surface area contributed by atoms with Gasteiger partial charge in [0, 0.05) is 13.0 Å². The van der Waals surface area contributed by atoms with Crippen LogP contribution < -0.4 is 9.46 Å². The number of ether oxygens (including phenoxy) is 2. The Labute approximate surface area is 145 Å². The Bertz CT molecular complexity index is 774. The largest absolute Gasteiger partial charge is 0.493 e. The van der Waals surface area contributed by atoms with Crippen LogP contribution in [-0.2, 0) is 21.2 Å². The first kappa shape index (κ1) is 17.4. The van der Waals surface area contributed by atoms with Gasteiger partial charge in [0.15, 0.2) is 0 Å². The molecule has 1 aromatic heterocycles. The SMILES string of the molecule is O=S(=O)(NCC(OCCO)c1ccsc1)c1ccc2c(c1)CCO2. The van der Waals surface area contributed by atoms with Gasteiger partial charge in [0.2, 0.25) is 10.0 Å². The molecule has 130 valence electrons. The second-order valence-corrected chi connectivity index (χ2v) is 7.91. The number of aliphatic hydroxyl groups is 1. The Hall–Kier alpha value is -1.45. The summed E-state index contributed by atoms with van der Waals surface area (Å²) in [6, 6.07) is 6.77. The van der Waals surface area contributed by atoms with Crippen LogP contribution in [0.5, 0.6) is 5.75 Å². The molecule has 3 rings (SSSR count). The Balaban J connectivity index is 1.71. The smallest absolute Gasteiger partial charge is 0.240 e. The molecule has 0 saturated carbocycles.